The smallest absolute Gasteiger partial charge is 0.125 e. The van der Waals surface area contributed by atoms with Gasteiger partial charge >= 0.3 is 0 Å². The fourth-order valence-corrected chi connectivity index (χ4v) is 4.33. The number of fused-ring (bicyclic) bond motifs is 4. The maximum atomic E-state index is 13.3. The summed E-state index contributed by atoms with van der Waals surface area (Å²) in [4.78, 5) is 3.12. The SMILES string of the molecule is OC(CNCCc1c[nH]c2cc(F)ccc12)Cn1c2ccccc2c2ccccc21. The van der Waals surface area contributed by atoms with Crippen LogP contribution in [0, 0.1) is 5.82 Å². The molecule has 0 amide bonds. The van der Waals surface area contributed by atoms with Gasteiger partial charge in [0.1, 0.15) is 5.82 Å². The minimum atomic E-state index is -0.499. The third kappa shape index (κ3) is 3.47. The fourth-order valence-electron chi connectivity index (χ4n) is 4.33. The van der Waals surface area contributed by atoms with Crippen LogP contribution in [0.25, 0.3) is 32.7 Å². The van der Waals surface area contributed by atoms with Crippen molar-refractivity contribution in [3.8, 4) is 0 Å². The van der Waals surface area contributed by atoms with E-state index in [9.17, 15) is 9.50 Å². The maximum Gasteiger partial charge on any atom is 0.125 e. The molecule has 0 aliphatic carbocycles. The normalized spacial score (nSPS) is 12.9. The molecular formula is C25H24FN3O. The number of aromatic nitrogens is 2. The number of rotatable bonds is 7. The Morgan fingerprint density at radius 2 is 1.63 bits per heavy atom. The van der Waals surface area contributed by atoms with Gasteiger partial charge in [0.2, 0.25) is 0 Å². The lowest BCUT2D eigenvalue weighted by molar-refractivity contribution is 0.154. The molecule has 0 saturated heterocycles. The van der Waals surface area contributed by atoms with Gasteiger partial charge in [0.25, 0.3) is 0 Å². The number of H-pyrrole nitrogens is 1. The average molecular weight is 401 g/mol. The summed E-state index contributed by atoms with van der Waals surface area (Å²) in [5, 5.41) is 17.5. The van der Waals surface area contributed by atoms with Gasteiger partial charge in [0, 0.05) is 45.5 Å². The Kier molecular flexibility index (Phi) is 4.99. The van der Waals surface area contributed by atoms with Crippen LogP contribution in [0.15, 0.2) is 72.9 Å². The second-order valence-electron chi connectivity index (χ2n) is 7.76. The van der Waals surface area contributed by atoms with Crippen molar-refractivity contribution >= 4 is 32.7 Å². The number of halogens is 1. The van der Waals surface area contributed by atoms with E-state index in [0.717, 1.165) is 40.5 Å². The fraction of sp³-hybridized carbons (Fsp3) is 0.200. The highest BCUT2D eigenvalue weighted by Gasteiger charge is 2.13. The molecule has 30 heavy (non-hydrogen) atoms. The zero-order chi connectivity index (χ0) is 20.5. The van der Waals surface area contributed by atoms with Crippen LogP contribution in [0.5, 0.6) is 0 Å². The Hall–Kier alpha value is -3.15. The highest BCUT2D eigenvalue weighted by Crippen LogP contribution is 2.28. The van der Waals surface area contributed by atoms with Crippen LogP contribution >= 0.6 is 0 Å². The van der Waals surface area contributed by atoms with Crippen LogP contribution in [0.2, 0.25) is 0 Å². The minimum Gasteiger partial charge on any atom is -0.390 e. The highest BCUT2D eigenvalue weighted by molar-refractivity contribution is 6.07. The molecule has 0 aliphatic heterocycles. The molecule has 0 fully saturated rings. The summed E-state index contributed by atoms with van der Waals surface area (Å²) in [6, 6.07) is 21.5. The van der Waals surface area contributed by atoms with Crippen molar-refractivity contribution in [3.05, 3.63) is 84.3 Å². The molecule has 1 unspecified atom stereocenters. The van der Waals surface area contributed by atoms with Crippen molar-refractivity contribution in [2.45, 2.75) is 19.1 Å². The topological polar surface area (TPSA) is 53.0 Å². The lowest BCUT2D eigenvalue weighted by Gasteiger charge is -2.15. The van der Waals surface area contributed by atoms with Crippen molar-refractivity contribution in [3.63, 3.8) is 0 Å². The number of benzene rings is 3. The number of hydrogen-bond donors (Lipinski definition) is 3. The molecule has 0 radical (unpaired) electrons. The first-order valence-corrected chi connectivity index (χ1v) is 10.3. The van der Waals surface area contributed by atoms with Crippen LogP contribution < -0.4 is 5.32 Å². The van der Waals surface area contributed by atoms with Crippen molar-refractivity contribution < 1.29 is 9.50 Å². The molecule has 152 valence electrons. The van der Waals surface area contributed by atoms with Crippen molar-refractivity contribution in [2.75, 3.05) is 13.1 Å². The zero-order valence-electron chi connectivity index (χ0n) is 16.6. The van der Waals surface area contributed by atoms with E-state index < -0.39 is 6.10 Å². The standard InChI is InChI=1S/C25H24FN3O/c26-18-9-10-20-17(14-28-23(20)13-18)11-12-27-15-19(30)16-29-24-7-3-1-5-21(24)22-6-2-4-8-25(22)29/h1-10,13-14,19,27-28,30H,11-12,15-16H2. The van der Waals surface area contributed by atoms with Crippen LogP contribution in [0.4, 0.5) is 4.39 Å². The lowest BCUT2D eigenvalue weighted by atomic mass is 10.1. The van der Waals surface area contributed by atoms with Crippen LogP contribution in [-0.4, -0.2) is 33.9 Å². The first kappa shape index (κ1) is 18.9. The van der Waals surface area contributed by atoms with Gasteiger partial charge in [-0.1, -0.05) is 36.4 Å². The number of nitrogens with one attached hydrogen (secondary N) is 2. The predicted molar refractivity (Wildman–Crippen MR) is 120 cm³/mol. The van der Waals surface area contributed by atoms with E-state index in [1.54, 1.807) is 0 Å². The van der Waals surface area contributed by atoms with Gasteiger partial charge in [-0.25, -0.2) is 4.39 Å². The van der Waals surface area contributed by atoms with E-state index in [1.807, 2.05) is 24.4 Å². The number of nitrogens with zero attached hydrogens (tertiary/aromatic N) is 1. The molecule has 0 aliphatic rings. The van der Waals surface area contributed by atoms with Crippen molar-refractivity contribution in [1.29, 1.82) is 0 Å². The summed E-state index contributed by atoms with van der Waals surface area (Å²) in [5.74, 6) is -0.234. The second kappa shape index (κ2) is 7.94. The maximum absolute atomic E-state index is 13.3. The van der Waals surface area contributed by atoms with Gasteiger partial charge < -0.3 is 20.0 Å². The third-order valence-corrected chi connectivity index (χ3v) is 5.75. The molecule has 5 aromatic rings. The van der Waals surface area contributed by atoms with Crippen LogP contribution in [0.1, 0.15) is 5.56 Å². The third-order valence-electron chi connectivity index (χ3n) is 5.75. The molecule has 0 bridgehead atoms. The number of aliphatic hydroxyl groups is 1. The number of hydrogen-bond acceptors (Lipinski definition) is 2. The van der Waals surface area contributed by atoms with Crippen LogP contribution in [-0.2, 0) is 13.0 Å². The van der Waals surface area contributed by atoms with E-state index in [-0.39, 0.29) is 5.82 Å². The molecule has 0 saturated carbocycles. The number of aromatic amines is 1. The summed E-state index contributed by atoms with van der Waals surface area (Å²) in [5.41, 5.74) is 4.25. The average Bonchev–Trinajstić information content (AvgIpc) is 3.30. The molecule has 3 N–H and O–H groups in total. The van der Waals surface area contributed by atoms with Gasteiger partial charge in [0.05, 0.1) is 12.6 Å². The van der Waals surface area contributed by atoms with E-state index in [2.05, 4.69) is 51.3 Å². The molecule has 3 aromatic carbocycles. The summed E-state index contributed by atoms with van der Waals surface area (Å²) in [6.07, 6.45) is 2.25. The quantitative estimate of drug-likeness (QED) is 0.349. The first-order valence-electron chi connectivity index (χ1n) is 10.3. The van der Waals surface area contributed by atoms with Crippen molar-refractivity contribution in [2.24, 2.45) is 0 Å². The van der Waals surface area contributed by atoms with E-state index in [1.165, 1.54) is 22.9 Å². The summed E-state index contributed by atoms with van der Waals surface area (Å²) in [7, 11) is 0. The Morgan fingerprint density at radius 3 is 2.37 bits per heavy atom. The van der Waals surface area contributed by atoms with Gasteiger partial charge in [0.15, 0.2) is 0 Å². The zero-order valence-corrected chi connectivity index (χ0v) is 16.6. The van der Waals surface area contributed by atoms with E-state index in [4.69, 9.17) is 0 Å². The molecule has 4 nitrogen and oxygen atoms in total. The lowest BCUT2D eigenvalue weighted by Crippen LogP contribution is -2.31. The summed E-state index contributed by atoms with van der Waals surface area (Å²) in [6.45, 7) is 1.79. The Bertz CT molecular complexity index is 1270. The molecule has 5 rings (SSSR count). The first-order chi connectivity index (χ1) is 14.7. The van der Waals surface area contributed by atoms with Gasteiger partial charge in [-0.2, -0.15) is 0 Å². The van der Waals surface area contributed by atoms with E-state index >= 15 is 0 Å². The largest absolute Gasteiger partial charge is 0.390 e. The van der Waals surface area contributed by atoms with Gasteiger partial charge in [-0.3, -0.25) is 0 Å². The highest BCUT2D eigenvalue weighted by atomic mass is 19.1. The Balaban J connectivity index is 1.24. The minimum absolute atomic E-state index is 0.234. The van der Waals surface area contributed by atoms with E-state index in [0.29, 0.717) is 13.1 Å². The molecule has 1 atom stereocenters. The summed E-state index contributed by atoms with van der Waals surface area (Å²) >= 11 is 0. The Morgan fingerprint density at radius 1 is 0.933 bits per heavy atom. The van der Waals surface area contributed by atoms with Crippen molar-refractivity contribution in [1.82, 2.24) is 14.9 Å². The molecule has 2 aromatic heterocycles. The number of aliphatic hydroxyl groups excluding tert-OH is 1. The molecular weight excluding hydrogens is 377 g/mol. The Labute approximate surface area is 173 Å². The monoisotopic (exact) mass is 401 g/mol. The second-order valence-corrected chi connectivity index (χ2v) is 7.76. The number of para-hydroxylation sites is 2. The summed E-state index contributed by atoms with van der Waals surface area (Å²) < 4.78 is 15.5. The predicted octanol–water partition coefficient (Wildman–Crippen LogP) is 4.61. The molecule has 5 heteroatoms. The van der Waals surface area contributed by atoms with Gasteiger partial charge in [-0.15, -0.1) is 0 Å². The molecule has 0 spiro atoms. The van der Waals surface area contributed by atoms with Gasteiger partial charge in [-0.05, 0) is 48.9 Å². The van der Waals surface area contributed by atoms with Crippen LogP contribution in [0.3, 0.4) is 0 Å². The molecule has 2 heterocycles.